The van der Waals surface area contributed by atoms with Gasteiger partial charge in [0.1, 0.15) is 5.75 Å². The number of hydrogen-bond acceptors (Lipinski definition) is 4. The van der Waals surface area contributed by atoms with Crippen LogP contribution in [0.2, 0.25) is 0 Å². The molecule has 0 aromatic heterocycles. The minimum absolute atomic E-state index is 0.0694. The van der Waals surface area contributed by atoms with Crippen molar-refractivity contribution in [1.82, 2.24) is 0 Å². The minimum Gasteiger partial charge on any atom is -0.494 e. The summed E-state index contributed by atoms with van der Waals surface area (Å²) in [4.78, 5) is 12.0. The summed E-state index contributed by atoms with van der Waals surface area (Å²) in [5, 5.41) is 2.84. The Kier molecular flexibility index (Phi) is 6.93. The number of amides is 1. The Bertz CT molecular complexity index is 690. The van der Waals surface area contributed by atoms with Crippen molar-refractivity contribution in [1.29, 1.82) is 0 Å². The van der Waals surface area contributed by atoms with E-state index in [1.807, 2.05) is 24.3 Å². The summed E-state index contributed by atoms with van der Waals surface area (Å²) in [6.07, 6.45) is 1.01. The Hall–Kier alpha value is -2.21. The van der Waals surface area contributed by atoms with Gasteiger partial charge in [0, 0.05) is 22.6 Å². The molecule has 1 N–H and O–H groups in total. The maximum absolute atomic E-state index is 12.0. The van der Waals surface area contributed by atoms with Gasteiger partial charge in [-0.1, -0.05) is 22.0 Å². The van der Waals surface area contributed by atoms with E-state index in [1.54, 1.807) is 32.4 Å². The third-order valence-corrected chi connectivity index (χ3v) is 3.77. The van der Waals surface area contributed by atoms with E-state index in [2.05, 4.69) is 21.2 Å². The molecule has 128 valence electrons. The van der Waals surface area contributed by atoms with Crippen LogP contribution in [0.1, 0.15) is 12.8 Å². The van der Waals surface area contributed by atoms with Crippen LogP contribution in [0.25, 0.3) is 0 Å². The van der Waals surface area contributed by atoms with E-state index in [0.717, 1.165) is 10.2 Å². The molecule has 0 saturated carbocycles. The minimum atomic E-state index is -0.0694. The standard InChI is InChI=1S/C18H20BrNO4/c1-22-16-9-8-14(12-17(16)23-2)20-18(21)7-4-10-24-15-6-3-5-13(19)11-15/h3,5-6,8-9,11-12H,4,7,10H2,1-2H3,(H,20,21). The van der Waals surface area contributed by atoms with Crippen LogP contribution in [0.5, 0.6) is 17.2 Å². The highest BCUT2D eigenvalue weighted by Gasteiger charge is 2.07. The number of anilines is 1. The molecule has 24 heavy (non-hydrogen) atoms. The van der Waals surface area contributed by atoms with Crippen LogP contribution >= 0.6 is 15.9 Å². The third-order valence-electron chi connectivity index (χ3n) is 3.28. The molecule has 1 amide bonds. The fraction of sp³-hybridized carbons (Fsp3) is 0.278. The van der Waals surface area contributed by atoms with E-state index >= 15 is 0 Å². The highest BCUT2D eigenvalue weighted by molar-refractivity contribution is 9.10. The van der Waals surface area contributed by atoms with Gasteiger partial charge in [0.05, 0.1) is 20.8 Å². The molecule has 2 aromatic rings. The lowest BCUT2D eigenvalue weighted by molar-refractivity contribution is -0.116. The summed E-state index contributed by atoms with van der Waals surface area (Å²) in [6, 6.07) is 12.9. The molecule has 0 aliphatic heterocycles. The number of carbonyl (C=O) groups is 1. The highest BCUT2D eigenvalue weighted by atomic mass is 79.9. The monoisotopic (exact) mass is 393 g/mol. The summed E-state index contributed by atoms with van der Waals surface area (Å²) in [7, 11) is 3.13. The van der Waals surface area contributed by atoms with E-state index in [-0.39, 0.29) is 5.91 Å². The lowest BCUT2D eigenvalue weighted by Gasteiger charge is -2.11. The zero-order valence-electron chi connectivity index (χ0n) is 13.7. The number of halogens is 1. The maximum Gasteiger partial charge on any atom is 0.224 e. The number of ether oxygens (including phenoxy) is 3. The van der Waals surface area contributed by atoms with Crippen LogP contribution in [-0.4, -0.2) is 26.7 Å². The van der Waals surface area contributed by atoms with Crippen molar-refractivity contribution >= 4 is 27.5 Å². The number of methoxy groups -OCH3 is 2. The second-order valence-electron chi connectivity index (χ2n) is 5.03. The molecule has 5 nitrogen and oxygen atoms in total. The molecule has 0 spiro atoms. The number of carbonyl (C=O) groups excluding carboxylic acids is 1. The van der Waals surface area contributed by atoms with E-state index in [0.29, 0.717) is 36.6 Å². The fourth-order valence-corrected chi connectivity index (χ4v) is 2.50. The molecular formula is C18H20BrNO4. The molecule has 0 aliphatic rings. The first kappa shape index (κ1) is 18.1. The van der Waals surface area contributed by atoms with Gasteiger partial charge in [-0.25, -0.2) is 0 Å². The highest BCUT2D eigenvalue weighted by Crippen LogP contribution is 2.29. The average Bonchev–Trinajstić information content (AvgIpc) is 2.58. The number of benzene rings is 2. The maximum atomic E-state index is 12.0. The summed E-state index contributed by atoms with van der Waals surface area (Å²) < 4.78 is 17.0. The summed E-state index contributed by atoms with van der Waals surface area (Å²) in [6.45, 7) is 0.482. The van der Waals surface area contributed by atoms with Crippen LogP contribution in [0.4, 0.5) is 5.69 Å². The summed E-state index contributed by atoms with van der Waals surface area (Å²) in [5.41, 5.74) is 0.672. The van der Waals surface area contributed by atoms with Gasteiger partial charge < -0.3 is 19.5 Å². The van der Waals surface area contributed by atoms with Crippen molar-refractivity contribution < 1.29 is 19.0 Å². The van der Waals surface area contributed by atoms with Gasteiger partial charge in [0.25, 0.3) is 0 Å². The van der Waals surface area contributed by atoms with Crippen molar-refractivity contribution in [2.24, 2.45) is 0 Å². The zero-order chi connectivity index (χ0) is 17.4. The predicted molar refractivity (Wildman–Crippen MR) is 97.0 cm³/mol. The smallest absolute Gasteiger partial charge is 0.224 e. The number of nitrogens with one attached hydrogen (secondary N) is 1. The van der Waals surface area contributed by atoms with E-state index < -0.39 is 0 Å². The van der Waals surface area contributed by atoms with Gasteiger partial charge in [-0.3, -0.25) is 4.79 Å². The molecule has 0 radical (unpaired) electrons. The van der Waals surface area contributed by atoms with E-state index in [4.69, 9.17) is 14.2 Å². The number of rotatable bonds is 8. The summed E-state index contributed by atoms with van der Waals surface area (Å²) >= 11 is 3.39. The van der Waals surface area contributed by atoms with E-state index in [9.17, 15) is 4.79 Å². The van der Waals surface area contributed by atoms with Crippen molar-refractivity contribution in [2.45, 2.75) is 12.8 Å². The largest absolute Gasteiger partial charge is 0.494 e. The third kappa shape index (κ3) is 5.45. The fourth-order valence-electron chi connectivity index (χ4n) is 2.12. The Labute approximate surface area is 150 Å². The molecule has 0 aliphatic carbocycles. The van der Waals surface area contributed by atoms with Crippen LogP contribution in [0, 0.1) is 0 Å². The van der Waals surface area contributed by atoms with Crippen LogP contribution in [0.15, 0.2) is 46.9 Å². The molecule has 0 heterocycles. The molecular weight excluding hydrogens is 374 g/mol. The van der Waals surface area contributed by atoms with Gasteiger partial charge >= 0.3 is 0 Å². The van der Waals surface area contributed by atoms with Gasteiger partial charge in [0.2, 0.25) is 5.91 Å². The second-order valence-corrected chi connectivity index (χ2v) is 5.94. The molecule has 0 atom stereocenters. The Morgan fingerprint density at radius 1 is 1.08 bits per heavy atom. The zero-order valence-corrected chi connectivity index (χ0v) is 15.3. The van der Waals surface area contributed by atoms with Gasteiger partial charge in [0.15, 0.2) is 11.5 Å². The first-order valence-electron chi connectivity index (χ1n) is 7.52. The van der Waals surface area contributed by atoms with Crippen molar-refractivity contribution in [2.75, 3.05) is 26.1 Å². The molecule has 2 aromatic carbocycles. The Balaban J connectivity index is 1.77. The lowest BCUT2D eigenvalue weighted by Crippen LogP contribution is -2.13. The molecule has 0 fully saturated rings. The SMILES string of the molecule is COc1ccc(NC(=O)CCCOc2cccc(Br)c2)cc1OC. The molecule has 0 bridgehead atoms. The predicted octanol–water partition coefficient (Wildman–Crippen LogP) is 4.26. The van der Waals surface area contributed by atoms with E-state index in [1.165, 1.54) is 0 Å². The molecule has 0 unspecified atom stereocenters. The lowest BCUT2D eigenvalue weighted by atomic mass is 10.2. The van der Waals surface area contributed by atoms with Gasteiger partial charge in [-0.15, -0.1) is 0 Å². The van der Waals surface area contributed by atoms with Gasteiger partial charge in [-0.2, -0.15) is 0 Å². The summed E-state index contributed by atoms with van der Waals surface area (Å²) in [5.74, 6) is 1.91. The van der Waals surface area contributed by atoms with Crippen LogP contribution < -0.4 is 19.5 Å². The van der Waals surface area contributed by atoms with Crippen molar-refractivity contribution in [3.8, 4) is 17.2 Å². The molecule has 0 saturated heterocycles. The first-order valence-corrected chi connectivity index (χ1v) is 8.32. The topological polar surface area (TPSA) is 56.8 Å². The normalized spacial score (nSPS) is 10.1. The van der Waals surface area contributed by atoms with Crippen molar-refractivity contribution in [3.05, 3.63) is 46.9 Å². The van der Waals surface area contributed by atoms with Crippen molar-refractivity contribution in [3.63, 3.8) is 0 Å². The van der Waals surface area contributed by atoms with Crippen LogP contribution in [0.3, 0.4) is 0 Å². The molecule has 2 rings (SSSR count). The first-order chi connectivity index (χ1) is 11.6. The second kappa shape index (κ2) is 9.17. The van der Waals surface area contributed by atoms with Gasteiger partial charge in [-0.05, 0) is 36.8 Å². The van der Waals surface area contributed by atoms with Crippen LogP contribution in [-0.2, 0) is 4.79 Å². The quantitative estimate of drug-likeness (QED) is 0.680. The Morgan fingerprint density at radius 3 is 2.58 bits per heavy atom. The Morgan fingerprint density at radius 2 is 1.88 bits per heavy atom. The number of hydrogen-bond donors (Lipinski definition) is 1. The average molecular weight is 394 g/mol. The molecule has 6 heteroatoms.